The summed E-state index contributed by atoms with van der Waals surface area (Å²) in [6.07, 6.45) is 0. The summed E-state index contributed by atoms with van der Waals surface area (Å²) in [6, 6.07) is 12.6. The monoisotopic (exact) mass is 358 g/mol. The number of fused-ring (bicyclic) bond motifs is 1. The number of aromatic nitrogens is 1. The van der Waals surface area contributed by atoms with Gasteiger partial charge in [-0.2, -0.15) is 0 Å². The molecule has 1 aliphatic heterocycles. The van der Waals surface area contributed by atoms with Crippen molar-refractivity contribution in [3.8, 4) is 22.1 Å². The Balaban J connectivity index is 1.52. The number of halogens is 1. The summed E-state index contributed by atoms with van der Waals surface area (Å²) < 4.78 is 10.5. The Labute approximate surface area is 146 Å². The maximum absolute atomic E-state index is 12.4. The Morgan fingerprint density at radius 3 is 2.75 bits per heavy atom. The fourth-order valence-electron chi connectivity index (χ4n) is 2.27. The molecular weight excluding hydrogens is 348 g/mol. The van der Waals surface area contributed by atoms with Gasteiger partial charge < -0.3 is 14.8 Å². The Kier molecular flexibility index (Phi) is 3.84. The molecule has 0 atom stereocenters. The second-order valence-electron chi connectivity index (χ2n) is 5.07. The summed E-state index contributed by atoms with van der Waals surface area (Å²) in [7, 11) is 0. The van der Waals surface area contributed by atoms with Gasteiger partial charge in [0.25, 0.3) is 5.91 Å². The van der Waals surface area contributed by atoms with E-state index in [0.29, 0.717) is 27.9 Å². The van der Waals surface area contributed by atoms with Crippen molar-refractivity contribution in [3.05, 3.63) is 58.6 Å². The molecule has 3 aromatic rings. The van der Waals surface area contributed by atoms with Crippen molar-refractivity contribution < 1.29 is 14.3 Å². The lowest BCUT2D eigenvalue weighted by molar-refractivity contribution is 0.102. The van der Waals surface area contributed by atoms with E-state index in [1.807, 2.05) is 12.1 Å². The van der Waals surface area contributed by atoms with E-state index >= 15 is 0 Å². The summed E-state index contributed by atoms with van der Waals surface area (Å²) in [6.45, 7) is 0.198. The Morgan fingerprint density at radius 2 is 1.92 bits per heavy atom. The van der Waals surface area contributed by atoms with Gasteiger partial charge in [-0.1, -0.05) is 23.7 Å². The molecule has 1 aliphatic rings. The predicted molar refractivity (Wildman–Crippen MR) is 93.1 cm³/mol. The number of rotatable bonds is 3. The number of hydrogen-bond acceptors (Lipinski definition) is 5. The molecule has 0 saturated carbocycles. The highest BCUT2D eigenvalue weighted by atomic mass is 35.5. The second-order valence-corrected chi connectivity index (χ2v) is 6.36. The van der Waals surface area contributed by atoms with Crippen molar-refractivity contribution in [3.63, 3.8) is 0 Å². The minimum atomic E-state index is -0.273. The number of anilines is 1. The van der Waals surface area contributed by atoms with E-state index in [1.54, 1.807) is 35.7 Å². The predicted octanol–water partition coefficient (Wildman–Crippen LogP) is 4.44. The average Bonchev–Trinajstić information content (AvgIpc) is 3.24. The second kappa shape index (κ2) is 6.14. The van der Waals surface area contributed by atoms with Crippen LogP contribution in [0.2, 0.25) is 5.02 Å². The topological polar surface area (TPSA) is 60.5 Å². The summed E-state index contributed by atoms with van der Waals surface area (Å²) in [5.74, 6) is 1.02. The van der Waals surface area contributed by atoms with Crippen LogP contribution in [-0.2, 0) is 0 Å². The summed E-state index contributed by atoms with van der Waals surface area (Å²) >= 11 is 7.29. The van der Waals surface area contributed by atoms with Gasteiger partial charge in [0.1, 0.15) is 10.7 Å². The van der Waals surface area contributed by atoms with Crippen LogP contribution in [0.1, 0.15) is 10.5 Å². The van der Waals surface area contributed by atoms with Crippen molar-refractivity contribution in [2.75, 3.05) is 12.1 Å². The van der Waals surface area contributed by atoms with Gasteiger partial charge in [0.15, 0.2) is 11.5 Å². The third kappa shape index (κ3) is 2.93. The van der Waals surface area contributed by atoms with Crippen molar-refractivity contribution in [2.24, 2.45) is 0 Å². The fraction of sp³-hybridized carbons (Fsp3) is 0.0588. The van der Waals surface area contributed by atoms with Crippen molar-refractivity contribution in [1.82, 2.24) is 4.98 Å². The molecule has 24 heavy (non-hydrogen) atoms. The molecule has 0 spiro atoms. The van der Waals surface area contributed by atoms with E-state index < -0.39 is 0 Å². The van der Waals surface area contributed by atoms with Crippen molar-refractivity contribution in [2.45, 2.75) is 0 Å². The minimum absolute atomic E-state index is 0.198. The lowest BCUT2D eigenvalue weighted by Gasteiger charge is -2.04. The zero-order chi connectivity index (χ0) is 16.5. The number of amides is 1. The molecule has 5 nitrogen and oxygen atoms in total. The quantitative estimate of drug-likeness (QED) is 0.751. The van der Waals surface area contributed by atoms with Gasteiger partial charge in [0, 0.05) is 27.7 Å². The minimum Gasteiger partial charge on any atom is -0.454 e. The van der Waals surface area contributed by atoms with Gasteiger partial charge in [-0.3, -0.25) is 4.79 Å². The molecular formula is C17H11ClN2O3S. The number of thiazole rings is 1. The van der Waals surface area contributed by atoms with Crippen LogP contribution in [0, 0.1) is 0 Å². The van der Waals surface area contributed by atoms with E-state index in [1.165, 1.54) is 11.3 Å². The molecule has 7 heteroatoms. The Bertz CT molecular complexity index is 908. The molecule has 1 amide bonds. The van der Waals surface area contributed by atoms with Gasteiger partial charge >= 0.3 is 0 Å². The van der Waals surface area contributed by atoms with Crippen LogP contribution in [0.15, 0.2) is 47.8 Å². The molecule has 2 aromatic carbocycles. The SMILES string of the molecule is O=C(Nc1ccc2c(c1)OCO2)c1csc(-c2ccc(Cl)cc2)n1. The molecule has 0 saturated heterocycles. The molecule has 2 heterocycles. The summed E-state index contributed by atoms with van der Waals surface area (Å²) in [4.78, 5) is 16.7. The molecule has 0 fully saturated rings. The van der Waals surface area contributed by atoms with Crippen LogP contribution >= 0.6 is 22.9 Å². The van der Waals surface area contributed by atoms with E-state index in [0.717, 1.165) is 10.6 Å². The number of ether oxygens (including phenoxy) is 2. The Hall–Kier alpha value is -2.57. The van der Waals surface area contributed by atoms with E-state index in [-0.39, 0.29) is 12.7 Å². The first kappa shape index (κ1) is 15.0. The Morgan fingerprint density at radius 1 is 1.12 bits per heavy atom. The average molecular weight is 359 g/mol. The smallest absolute Gasteiger partial charge is 0.275 e. The molecule has 0 bridgehead atoms. The van der Waals surface area contributed by atoms with Gasteiger partial charge in [-0.05, 0) is 24.3 Å². The highest BCUT2D eigenvalue weighted by Crippen LogP contribution is 2.34. The summed E-state index contributed by atoms with van der Waals surface area (Å²) in [5.41, 5.74) is 1.92. The molecule has 1 aromatic heterocycles. The van der Waals surface area contributed by atoms with Crippen LogP contribution in [0.4, 0.5) is 5.69 Å². The number of carbonyl (C=O) groups is 1. The maximum Gasteiger partial charge on any atom is 0.275 e. The number of carbonyl (C=O) groups excluding carboxylic acids is 1. The molecule has 1 N–H and O–H groups in total. The lowest BCUT2D eigenvalue weighted by Crippen LogP contribution is -2.12. The van der Waals surface area contributed by atoms with Crippen LogP contribution in [0.25, 0.3) is 10.6 Å². The van der Waals surface area contributed by atoms with Crippen LogP contribution in [0.3, 0.4) is 0 Å². The number of benzene rings is 2. The van der Waals surface area contributed by atoms with E-state index in [4.69, 9.17) is 21.1 Å². The lowest BCUT2D eigenvalue weighted by atomic mass is 10.2. The van der Waals surface area contributed by atoms with Crippen LogP contribution in [0.5, 0.6) is 11.5 Å². The zero-order valence-corrected chi connectivity index (χ0v) is 13.9. The zero-order valence-electron chi connectivity index (χ0n) is 12.3. The highest BCUT2D eigenvalue weighted by Gasteiger charge is 2.16. The number of nitrogens with one attached hydrogen (secondary N) is 1. The van der Waals surface area contributed by atoms with Crippen molar-refractivity contribution in [1.29, 1.82) is 0 Å². The van der Waals surface area contributed by atoms with Gasteiger partial charge in [0.2, 0.25) is 6.79 Å². The normalized spacial score (nSPS) is 12.2. The van der Waals surface area contributed by atoms with Gasteiger partial charge in [-0.15, -0.1) is 11.3 Å². The molecule has 4 rings (SSSR count). The third-order valence-corrected chi connectivity index (χ3v) is 4.60. The first-order chi connectivity index (χ1) is 11.7. The van der Waals surface area contributed by atoms with E-state index in [9.17, 15) is 4.79 Å². The molecule has 0 radical (unpaired) electrons. The highest BCUT2D eigenvalue weighted by molar-refractivity contribution is 7.13. The summed E-state index contributed by atoms with van der Waals surface area (Å²) in [5, 5.41) is 5.97. The van der Waals surface area contributed by atoms with Gasteiger partial charge in [-0.25, -0.2) is 4.98 Å². The molecule has 120 valence electrons. The first-order valence-electron chi connectivity index (χ1n) is 7.11. The van der Waals surface area contributed by atoms with Crippen LogP contribution in [-0.4, -0.2) is 17.7 Å². The van der Waals surface area contributed by atoms with E-state index in [2.05, 4.69) is 10.3 Å². The molecule has 0 aliphatic carbocycles. The van der Waals surface area contributed by atoms with Crippen LogP contribution < -0.4 is 14.8 Å². The largest absolute Gasteiger partial charge is 0.454 e. The standard InChI is InChI=1S/C17H11ClN2O3S/c18-11-3-1-10(2-4-11)17-20-13(8-24-17)16(21)19-12-5-6-14-15(7-12)23-9-22-14/h1-8H,9H2,(H,19,21). The molecule has 0 unspecified atom stereocenters. The number of hydrogen-bond donors (Lipinski definition) is 1. The van der Waals surface area contributed by atoms with Crippen molar-refractivity contribution >= 4 is 34.5 Å². The maximum atomic E-state index is 12.4. The fourth-order valence-corrected chi connectivity index (χ4v) is 3.20. The third-order valence-electron chi connectivity index (χ3n) is 3.46. The van der Waals surface area contributed by atoms with Gasteiger partial charge in [0.05, 0.1) is 0 Å². The first-order valence-corrected chi connectivity index (χ1v) is 8.37. The number of nitrogens with zero attached hydrogens (tertiary/aromatic N) is 1.